The predicted octanol–water partition coefficient (Wildman–Crippen LogP) is -0.628. The predicted molar refractivity (Wildman–Crippen MR) is 244 cm³/mol. The number of nitrogens with one attached hydrogen (secondary N) is 2. The lowest BCUT2D eigenvalue weighted by atomic mass is 10.1. The molecular weight excluding hydrogens is 881 g/mol. The first-order valence-electron chi connectivity index (χ1n) is 21.9. The number of anilines is 1. The molecule has 2 amide bonds. The number of carbonyl (C=O) groups excluding carboxylic acids is 2. The van der Waals surface area contributed by atoms with Crippen LogP contribution in [0, 0.1) is 11.8 Å². The number of aliphatic carboxylic acids is 2. The van der Waals surface area contributed by atoms with Gasteiger partial charge in [0, 0.05) is 55.4 Å². The Balaban J connectivity index is 1.02. The van der Waals surface area contributed by atoms with Gasteiger partial charge in [-0.2, -0.15) is 5.10 Å². The van der Waals surface area contributed by atoms with Crippen LogP contribution in [0.2, 0.25) is 0 Å². The summed E-state index contributed by atoms with van der Waals surface area (Å²) in [5, 5.41) is 48.2. The number of hydrogen-bond donors (Lipinski definition) is 8. The summed E-state index contributed by atoms with van der Waals surface area (Å²) in [6, 6.07) is 4.92. The Morgan fingerprint density at radius 2 is 1.73 bits per heavy atom. The molecule has 1 aromatic carbocycles. The maximum absolute atomic E-state index is 12.4. The fourth-order valence-electron chi connectivity index (χ4n) is 7.13. The Bertz CT molecular complexity index is 2120. The molecule has 4 heterocycles. The molecule has 0 radical (unpaired) electrons. The van der Waals surface area contributed by atoms with Gasteiger partial charge < -0.3 is 61.1 Å². The molecule has 360 valence electrons. The van der Waals surface area contributed by atoms with Crippen LogP contribution in [-0.2, 0) is 44.2 Å². The highest BCUT2D eigenvalue weighted by Crippen LogP contribution is 2.35. The van der Waals surface area contributed by atoms with E-state index in [4.69, 9.17) is 30.4 Å². The number of aliphatic hydroxyl groups excluding tert-OH is 2. The van der Waals surface area contributed by atoms with E-state index in [1.807, 2.05) is 0 Å². The molecule has 6 unspecified atom stereocenters. The molecular formula is C43H61N10O12S+. The Kier molecular flexibility index (Phi) is 21.4. The van der Waals surface area contributed by atoms with Crippen LogP contribution in [0.15, 0.2) is 42.0 Å². The third-order valence-electron chi connectivity index (χ3n) is 10.7. The number of benzene rings is 1. The molecule has 0 bridgehead atoms. The van der Waals surface area contributed by atoms with Crippen molar-refractivity contribution in [2.24, 2.45) is 16.6 Å². The first-order valence-corrected chi connectivity index (χ1v) is 23.6. The summed E-state index contributed by atoms with van der Waals surface area (Å²) in [6.07, 6.45) is 2.95. The number of aromatic nitrogens is 4. The van der Waals surface area contributed by atoms with E-state index in [0.29, 0.717) is 131 Å². The number of amides is 2. The van der Waals surface area contributed by atoms with E-state index < -0.39 is 59.5 Å². The summed E-state index contributed by atoms with van der Waals surface area (Å²) >= 11 is 0. The van der Waals surface area contributed by atoms with Crippen molar-refractivity contribution in [3.8, 4) is 11.8 Å². The molecule has 2 fully saturated rings. The average molecular weight is 942 g/mol. The molecule has 7 atom stereocenters. The van der Waals surface area contributed by atoms with Gasteiger partial charge >= 0.3 is 11.9 Å². The number of carbonyl (C=O) groups is 4. The van der Waals surface area contributed by atoms with E-state index in [1.54, 1.807) is 29.2 Å². The van der Waals surface area contributed by atoms with Gasteiger partial charge in [-0.1, -0.05) is 18.1 Å². The fourth-order valence-corrected chi connectivity index (χ4v) is 9.20. The summed E-state index contributed by atoms with van der Waals surface area (Å²) in [7, 11) is -0.571. The number of nitrogens with two attached hydrogens (primary N) is 2. The number of unbranched alkanes of at least 4 members (excludes halogenated alkanes) is 2. The van der Waals surface area contributed by atoms with E-state index in [-0.39, 0.29) is 30.4 Å². The zero-order chi connectivity index (χ0) is 47.3. The summed E-state index contributed by atoms with van der Waals surface area (Å²) < 4.78 is 23.8. The minimum atomic E-state index is -1.36. The van der Waals surface area contributed by atoms with Crippen molar-refractivity contribution in [2.45, 2.75) is 81.6 Å². The molecule has 66 heavy (non-hydrogen) atoms. The number of carboxylic acid groups (broad SMARTS) is 2. The Morgan fingerprint density at radius 3 is 2.45 bits per heavy atom. The lowest BCUT2D eigenvalue weighted by molar-refractivity contribution is -0.139. The molecule has 22 nitrogen and oxygen atoms in total. The van der Waals surface area contributed by atoms with Gasteiger partial charge in [-0.25, -0.2) is 25.2 Å². The number of nitrogens with zero attached hydrogens (tertiary/aromatic N) is 6. The summed E-state index contributed by atoms with van der Waals surface area (Å²) in [4.78, 5) is 63.0. The highest BCUT2D eigenvalue weighted by molar-refractivity contribution is 7.97. The lowest BCUT2D eigenvalue weighted by Gasteiger charge is -2.22. The van der Waals surface area contributed by atoms with Crippen molar-refractivity contribution >= 4 is 57.8 Å². The van der Waals surface area contributed by atoms with Gasteiger partial charge in [0.05, 0.1) is 52.2 Å². The summed E-state index contributed by atoms with van der Waals surface area (Å²) in [5.74, 6) is 5.11. The Labute approximate surface area is 385 Å². The second-order valence-electron chi connectivity index (χ2n) is 15.5. The van der Waals surface area contributed by atoms with E-state index >= 15 is 0 Å². The van der Waals surface area contributed by atoms with Gasteiger partial charge in [0.1, 0.15) is 48.2 Å². The van der Waals surface area contributed by atoms with Crippen LogP contribution in [0.25, 0.3) is 11.2 Å². The maximum Gasteiger partial charge on any atom is 0.326 e. The van der Waals surface area contributed by atoms with Crippen molar-refractivity contribution < 1.29 is 58.6 Å². The number of ether oxygens (including phenoxy) is 4. The number of imidazole rings is 1. The second kappa shape index (κ2) is 27.4. The molecule has 2 aromatic heterocycles. The summed E-state index contributed by atoms with van der Waals surface area (Å²) in [5.41, 5.74) is 15.5. The summed E-state index contributed by atoms with van der Waals surface area (Å²) in [6.45, 7) is 3.91. The normalized spacial score (nSPS) is 20.3. The van der Waals surface area contributed by atoms with Crippen LogP contribution in [0.5, 0.6) is 0 Å². The van der Waals surface area contributed by atoms with Crippen molar-refractivity contribution in [3.63, 3.8) is 0 Å². The zero-order valence-electron chi connectivity index (χ0n) is 36.7. The molecule has 0 saturated carbocycles. The van der Waals surface area contributed by atoms with Crippen LogP contribution in [-0.4, -0.2) is 177 Å². The van der Waals surface area contributed by atoms with Crippen molar-refractivity contribution in [1.82, 2.24) is 30.3 Å². The van der Waals surface area contributed by atoms with Gasteiger partial charge in [-0.15, -0.1) is 0 Å². The minimum Gasteiger partial charge on any atom is -0.480 e. The maximum atomic E-state index is 12.4. The highest BCUT2D eigenvalue weighted by atomic mass is 32.2. The van der Waals surface area contributed by atoms with E-state index in [2.05, 4.69) is 42.6 Å². The molecule has 2 aliphatic heterocycles. The molecule has 3 aromatic rings. The van der Waals surface area contributed by atoms with E-state index in [1.165, 1.54) is 23.4 Å². The number of carboxylic acids is 2. The minimum absolute atomic E-state index is 0.178. The van der Waals surface area contributed by atoms with E-state index in [9.17, 15) is 39.6 Å². The smallest absolute Gasteiger partial charge is 0.326 e. The van der Waals surface area contributed by atoms with E-state index in [0.717, 1.165) is 0 Å². The standard InChI is InChI=1S/C43H60N10O12S/c44-14-17-62-19-21-64-22-20-63-18-15-46-40(57)30-11-9-29(10-12-30)25-50-51-34(54)8-4-2-1-3-5-23-66(24-13-31(45)42(58)59)26-33-36(55)37(56)41(65-33)53-28-49-35-38(47-27-48-39(35)53)52-16-6-7-32(52)43(60)61/h9-12,25,27-28,31-33,36-37,41,55-56H,1-2,4,6-8,13-24,26,44-45H2,(H3-,46,51,54,57,58,59,60,61)/p+1/t31?,32-,33?,36?,37?,41?,66?/m0/s1. The number of rotatable bonds is 28. The van der Waals surface area contributed by atoms with Gasteiger partial charge in [0.15, 0.2) is 29.0 Å². The van der Waals surface area contributed by atoms with Crippen LogP contribution in [0.3, 0.4) is 0 Å². The molecule has 23 heteroatoms. The highest BCUT2D eigenvalue weighted by Gasteiger charge is 2.47. The monoisotopic (exact) mass is 941 g/mol. The van der Waals surface area contributed by atoms with Gasteiger partial charge in [0.2, 0.25) is 5.91 Å². The molecule has 2 aliphatic rings. The van der Waals surface area contributed by atoms with Crippen molar-refractivity contribution in [1.29, 1.82) is 0 Å². The number of aliphatic hydroxyl groups is 2. The van der Waals surface area contributed by atoms with Crippen LogP contribution < -0.4 is 27.1 Å². The molecule has 5 rings (SSSR count). The molecule has 0 spiro atoms. The molecule has 2 saturated heterocycles. The molecule has 0 aliphatic carbocycles. The quantitative estimate of drug-likeness (QED) is 0.0148. The van der Waals surface area contributed by atoms with Crippen LogP contribution in [0.1, 0.15) is 67.1 Å². The lowest BCUT2D eigenvalue weighted by Crippen LogP contribution is -2.38. The van der Waals surface area contributed by atoms with Crippen LogP contribution in [0.4, 0.5) is 5.82 Å². The Hall–Kier alpha value is -5.29. The van der Waals surface area contributed by atoms with Crippen molar-refractivity contribution in [3.05, 3.63) is 48.0 Å². The second-order valence-corrected chi connectivity index (χ2v) is 17.7. The number of fused-ring (bicyclic) bond motifs is 1. The zero-order valence-corrected chi connectivity index (χ0v) is 37.6. The fraction of sp³-hybridized carbons (Fsp3) is 0.581. The number of hydrogen-bond acceptors (Lipinski definition) is 17. The molecule has 10 N–H and O–H groups in total. The Morgan fingerprint density at radius 1 is 0.985 bits per heavy atom. The number of hydrazone groups is 1. The SMILES string of the molecule is NCCOCCOCCOCCNC(=O)c1ccc(/C=N\NC(=O)CCCCC#CC[S+](CCC(N)C(=O)O)CC2OC(n3cnc4c(N5CCC[C@H]5C(=O)O)ncnc43)C(O)C2O)cc1. The third-order valence-corrected chi connectivity index (χ3v) is 12.8. The van der Waals surface area contributed by atoms with Crippen molar-refractivity contribution in [2.75, 3.05) is 81.4 Å². The van der Waals surface area contributed by atoms with Gasteiger partial charge in [-0.05, 0) is 49.3 Å². The average Bonchev–Trinajstić information content (AvgIpc) is 4.05. The first-order chi connectivity index (χ1) is 32.0. The van der Waals surface area contributed by atoms with Gasteiger partial charge in [-0.3, -0.25) is 19.0 Å². The largest absolute Gasteiger partial charge is 0.480 e. The first kappa shape index (κ1) is 51.7. The topological polar surface area (TPSA) is 321 Å². The van der Waals surface area contributed by atoms with Gasteiger partial charge in [0.25, 0.3) is 5.91 Å². The third kappa shape index (κ3) is 15.7. The van der Waals surface area contributed by atoms with Crippen LogP contribution >= 0.6 is 0 Å².